The van der Waals surface area contributed by atoms with E-state index in [1.165, 1.54) is 0 Å². The van der Waals surface area contributed by atoms with Crippen LogP contribution in [-0.2, 0) is 14.3 Å². The highest BCUT2D eigenvalue weighted by atomic mass is 16.5. The monoisotopic (exact) mass is 225 g/mol. The maximum Gasteiger partial charge on any atom is 0.211 e. The van der Waals surface area contributed by atoms with Crippen LogP contribution in [0.1, 0.15) is 5.56 Å². The van der Waals surface area contributed by atoms with E-state index in [4.69, 9.17) is 0 Å². The average molecular weight is 225 g/mol. The van der Waals surface area contributed by atoms with Crippen LogP contribution in [0.3, 0.4) is 0 Å². The van der Waals surface area contributed by atoms with Crippen molar-refractivity contribution in [2.45, 2.75) is 6.92 Å². The molecule has 1 N–H and O–H groups in total. The molecule has 0 bridgehead atoms. The summed E-state index contributed by atoms with van der Waals surface area (Å²) in [6.45, 7) is 3.36. The third-order valence-electron chi connectivity index (χ3n) is 1.74. The van der Waals surface area contributed by atoms with Crippen LogP contribution in [-0.4, -0.2) is 33.8 Å². The van der Waals surface area contributed by atoms with E-state index < -0.39 is 0 Å². The Bertz CT molecular complexity index is 285. The lowest BCUT2D eigenvalue weighted by molar-refractivity contribution is -0.105. The van der Waals surface area contributed by atoms with Crippen molar-refractivity contribution < 1.29 is 14.3 Å². The first-order valence-corrected chi connectivity index (χ1v) is 4.99. The first kappa shape index (κ1) is 14.6. The average Bonchev–Trinajstić information content (AvgIpc) is 2.28. The first-order valence-electron chi connectivity index (χ1n) is 4.99. The summed E-state index contributed by atoms with van der Waals surface area (Å²) in [5.41, 5.74) is 1.99. The summed E-state index contributed by atoms with van der Waals surface area (Å²) >= 11 is 0. The molecule has 0 unspecified atom stereocenters. The molecule has 0 aliphatic heterocycles. The van der Waals surface area contributed by atoms with Crippen LogP contribution in [0.4, 0.5) is 5.69 Å². The third-order valence-corrected chi connectivity index (χ3v) is 1.74. The van der Waals surface area contributed by atoms with E-state index in [0.717, 1.165) is 11.3 Å². The number of ether oxygens (including phenoxy) is 2. The minimum atomic E-state index is 0.675. The molecule has 0 aromatic heterocycles. The fourth-order valence-electron chi connectivity index (χ4n) is 0.970. The quantitative estimate of drug-likeness (QED) is 0.614. The second-order valence-electron chi connectivity index (χ2n) is 3.12. The number of rotatable bonds is 5. The zero-order valence-electron chi connectivity index (χ0n) is 10.0. The van der Waals surface area contributed by atoms with Crippen LogP contribution in [0.2, 0.25) is 0 Å². The Morgan fingerprint density at radius 2 is 1.88 bits per heavy atom. The molecule has 0 aliphatic rings. The van der Waals surface area contributed by atoms with Gasteiger partial charge in [0.25, 0.3) is 0 Å². The number of carbonyl (C=O) groups excluding carboxylic acids is 1. The molecule has 1 amide bonds. The second kappa shape index (κ2) is 10.1. The standard InChI is InChI=1S/C8H9NO.C4H10O2/c1-7-3-2-4-8(5-7)9-6-10;1-5-3-4-6-2/h2-6H,1H3,(H,9,10);3-4H2,1-2H3. The van der Waals surface area contributed by atoms with E-state index in [2.05, 4.69) is 14.8 Å². The lowest BCUT2D eigenvalue weighted by Crippen LogP contribution is -1.96. The van der Waals surface area contributed by atoms with Gasteiger partial charge in [0.05, 0.1) is 13.2 Å². The van der Waals surface area contributed by atoms with Gasteiger partial charge >= 0.3 is 0 Å². The fourth-order valence-corrected chi connectivity index (χ4v) is 0.970. The molecule has 0 aliphatic carbocycles. The smallest absolute Gasteiger partial charge is 0.211 e. The highest BCUT2D eigenvalue weighted by Gasteiger charge is 1.87. The van der Waals surface area contributed by atoms with Crippen molar-refractivity contribution in [2.24, 2.45) is 0 Å². The molecule has 1 aromatic rings. The number of aryl methyl sites for hydroxylation is 1. The summed E-state index contributed by atoms with van der Waals surface area (Å²) in [7, 11) is 3.30. The van der Waals surface area contributed by atoms with Crippen molar-refractivity contribution >= 4 is 12.1 Å². The molecular formula is C12H19NO3. The number of benzene rings is 1. The van der Waals surface area contributed by atoms with Crippen LogP contribution in [0.25, 0.3) is 0 Å². The van der Waals surface area contributed by atoms with Gasteiger partial charge in [-0.05, 0) is 24.6 Å². The molecule has 0 heterocycles. The summed E-state index contributed by atoms with van der Waals surface area (Å²) in [6.07, 6.45) is 0.675. The van der Waals surface area contributed by atoms with Crippen molar-refractivity contribution in [3.05, 3.63) is 29.8 Å². The van der Waals surface area contributed by atoms with E-state index in [1.54, 1.807) is 14.2 Å². The van der Waals surface area contributed by atoms with E-state index in [0.29, 0.717) is 19.6 Å². The molecular weight excluding hydrogens is 206 g/mol. The highest BCUT2D eigenvalue weighted by Crippen LogP contribution is 2.07. The van der Waals surface area contributed by atoms with E-state index >= 15 is 0 Å². The molecule has 0 saturated carbocycles. The van der Waals surface area contributed by atoms with Crippen molar-refractivity contribution in [1.82, 2.24) is 0 Å². The summed E-state index contributed by atoms with van der Waals surface area (Å²) in [5.74, 6) is 0. The Labute approximate surface area is 96.6 Å². The molecule has 16 heavy (non-hydrogen) atoms. The van der Waals surface area contributed by atoms with Gasteiger partial charge in [-0.15, -0.1) is 0 Å². The second-order valence-corrected chi connectivity index (χ2v) is 3.12. The summed E-state index contributed by atoms with van der Waals surface area (Å²) < 4.78 is 9.31. The number of nitrogens with one attached hydrogen (secondary N) is 1. The summed E-state index contributed by atoms with van der Waals surface area (Å²) in [4.78, 5) is 9.97. The number of methoxy groups -OCH3 is 2. The molecule has 0 atom stereocenters. The lowest BCUT2D eigenvalue weighted by Gasteiger charge is -1.97. The molecule has 0 saturated heterocycles. The molecule has 1 rings (SSSR count). The fraction of sp³-hybridized carbons (Fsp3) is 0.417. The van der Waals surface area contributed by atoms with Crippen LogP contribution in [0.15, 0.2) is 24.3 Å². The zero-order chi connectivity index (χ0) is 12.2. The van der Waals surface area contributed by atoms with Gasteiger partial charge in [-0.3, -0.25) is 4.79 Å². The summed E-state index contributed by atoms with van der Waals surface area (Å²) in [5, 5.41) is 2.57. The van der Waals surface area contributed by atoms with Crippen LogP contribution in [0.5, 0.6) is 0 Å². The van der Waals surface area contributed by atoms with Crippen molar-refractivity contribution in [3.8, 4) is 0 Å². The SMILES string of the molecule is COCCOC.Cc1cccc(NC=O)c1. The first-order chi connectivity index (χ1) is 7.74. The van der Waals surface area contributed by atoms with Gasteiger partial charge in [0.1, 0.15) is 0 Å². The Hall–Kier alpha value is -1.39. The largest absolute Gasteiger partial charge is 0.382 e. The van der Waals surface area contributed by atoms with Crippen molar-refractivity contribution in [3.63, 3.8) is 0 Å². The maximum atomic E-state index is 9.97. The number of carbonyl (C=O) groups is 1. The molecule has 0 radical (unpaired) electrons. The zero-order valence-corrected chi connectivity index (χ0v) is 10.0. The predicted octanol–water partition coefficient (Wildman–Crippen LogP) is 1.84. The van der Waals surface area contributed by atoms with Crippen LogP contribution >= 0.6 is 0 Å². The molecule has 0 spiro atoms. The number of hydrogen-bond donors (Lipinski definition) is 1. The molecule has 0 fully saturated rings. The third kappa shape index (κ3) is 7.96. The molecule has 90 valence electrons. The maximum absolute atomic E-state index is 9.97. The Morgan fingerprint density at radius 1 is 1.25 bits per heavy atom. The Balaban J connectivity index is 0.000000325. The Kier molecular flexibility index (Phi) is 9.26. The van der Waals surface area contributed by atoms with Gasteiger partial charge in [0.15, 0.2) is 0 Å². The van der Waals surface area contributed by atoms with Gasteiger partial charge in [-0.25, -0.2) is 0 Å². The van der Waals surface area contributed by atoms with E-state index in [1.807, 2.05) is 31.2 Å². The molecule has 4 nitrogen and oxygen atoms in total. The minimum Gasteiger partial charge on any atom is -0.382 e. The Morgan fingerprint density at radius 3 is 2.31 bits per heavy atom. The topological polar surface area (TPSA) is 47.6 Å². The van der Waals surface area contributed by atoms with Crippen molar-refractivity contribution in [1.29, 1.82) is 0 Å². The van der Waals surface area contributed by atoms with Gasteiger partial charge in [0.2, 0.25) is 6.41 Å². The predicted molar refractivity (Wildman–Crippen MR) is 64.6 cm³/mol. The number of anilines is 1. The van der Waals surface area contributed by atoms with E-state index in [-0.39, 0.29) is 0 Å². The van der Waals surface area contributed by atoms with Crippen LogP contribution in [0, 0.1) is 6.92 Å². The molecule has 4 heteroatoms. The number of hydrogen-bond acceptors (Lipinski definition) is 3. The van der Waals surface area contributed by atoms with Gasteiger partial charge < -0.3 is 14.8 Å². The van der Waals surface area contributed by atoms with Gasteiger partial charge in [-0.1, -0.05) is 12.1 Å². The number of amides is 1. The lowest BCUT2D eigenvalue weighted by atomic mass is 10.2. The highest BCUT2D eigenvalue weighted by molar-refractivity contribution is 5.71. The normalized spacial score (nSPS) is 8.94. The summed E-state index contributed by atoms with van der Waals surface area (Å²) in [6, 6.07) is 7.65. The van der Waals surface area contributed by atoms with Crippen molar-refractivity contribution in [2.75, 3.05) is 32.8 Å². The minimum absolute atomic E-state index is 0.675. The van der Waals surface area contributed by atoms with E-state index in [9.17, 15) is 4.79 Å². The van der Waals surface area contributed by atoms with Crippen LogP contribution < -0.4 is 5.32 Å². The molecule has 1 aromatic carbocycles. The van der Waals surface area contributed by atoms with Gasteiger partial charge in [0, 0.05) is 19.9 Å². The van der Waals surface area contributed by atoms with Gasteiger partial charge in [-0.2, -0.15) is 0 Å².